The van der Waals surface area contributed by atoms with Crippen LogP contribution in [0.25, 0.3) is 0 Å². The van der Waals surface area contributed by atoms with Gasteiger partial charge in [0.05, 0.1) is 26.1 Å². The van der Waals surface area contributed by atoms with Gasteiger partial charge >= 0.3 is 11.9 Å². The van der Waals surface area contributed by atoms with Gasteiger partial charge < -0.3 is 9.47 Å². The topological polar surface area (TPSA) is 99.2 Å². The van der Waals surface area contributed by atoms with Gasteiger partial charge in [0.15, 0.2) is 0 Å². The van der Waals surface area contributed by atoms with Crippen molar-refractivity contribution in [2.24, 2.45) is 17.8 Å². The molecule has 0 spiro atoms. The first-order valence-corrected chi connectivity index (χ1v) is 6.81. The number of Topliss-reactive ketones (excluding diaryl/α,β-unsaturated/α-hetero) is 1. The lowest BCUT2D eigenvalue weighted by molar-refractivity contribution is -0.183. The number of ether oxygens (including phenoxy) is 2. The lowest BCUT2D eigenvalue weighted by Crippen LogP contribution is -2.43. The molecule has 0 aromatic rings. The van der Waals surface area contributed by atoms with Crippen LogP contribution in [0.1, 0.15) is 20.3 Å². The molecule has 1 aliphatic carbocycles. The van der Waals surface area contributed by atoms with Crippen LogP contribution in [0, 0.1) is 17.8 Å². The van der Waals surface area contributed by atoms with Crippen molar-refractivity contribution in [2.75, 3.05) is 21.3 Å². The summed E-state index contributed by atoms with van der Waals surface area (Å²) in [5, 5.41) is 0.944. The highest BCUT2D eigenvalue weighted by molar-refractivity contribution is 5.92. The molecule has 1 aliphatic rings. The summed E-state index contributed by atoms with van der Waals surface area (Å²) in [6.07, 6.45) is -0.775. The Bertz CT molecular complexity index is 476. The molecule has 22 heavy (non-hydrogen) atoms. The van der Waals surface area contributed by atoms with E-state index in [0.29, 0.717) is 0 Å². The first kappa shape index (κ1) is 18.1. The van der Waals surface area contributed by atoms with Crippen LogP contribution < -0.4 is 0 Å². The van der Waals surface area contributed by atoms with Gasteiger partial charge in [0.2, 0.25) is 0 Å². The smallest absolute Gasteiger partial charge is 0.310 e. The fourth-order valence-electron chi connectivity index (χ4n) is 2.84. The first-order chi connectivity index (χ1) is 10.2. The molecule has 1 amide bonds. The molecule has 1 saturated carbocycles. The van der Waals surface area contributed by atoms with Crippen LogP contribution in [0.4, 0.5) is 0 Å². The van der Waals surface area contributed by atoms with Gasteiger partial charge in [0.1, 0.15) is 11.9 Å². The zero-order valence-electron chi connectivity index (χ0n) is 13.3. The van der Waals surface area contributed by atoms with Gasteiger partial charge in [-0.2, -0.15) is 0 Å². The third kappa shape index (κ3) is 3.62. The average Bonchev–Trinajstić information content (AvgIpc) is 2.83. The maximum atomic E-state index is 12.5. The molecule has 0 saturated heterocycles. The molecule has 0 unspecified atom stereocenters. The second kappa shape index (κ2) is 7.35. The molecular formula is C14H21NO7. The monoisotopic (exact) mass is 315 g/mol. The van der Waals surface area contributed by atoms with E-state index in [4.69, 9.17) is 14.3 Å². The van der Waals surface area contributed by atoms with Gasteiger partial charge in [0, 0.05) is 19.9 Å². The molecule has 4 atom stereocenters. The molecule has 0 radical (unpaired) electrons. The van der Waals surface area contributed by atoms with E-state index in [-0.39, 0.29) is 12.2 Å². The SMILES string of the molecule is COC(=O)[C@@H]1[C@H](C(=O)N(C)OC)[C@H](OC(C)=O)C[C@H]1C(C)=O. The van der Waals surface area contributed by atoms with Crippen LogP contribution in [0.2, 0.25) is 0 Å². The van der Waals surface area contributed by atoms with E-state index in [9.17, 15) is 19.2 Å². The van der Waals surface area contributed by atoms with E-state index < -0.39 is 41.7 Å². The minimum Gasteiger partial charge on any atom is -0.469 e. The highest BCUT2D eigenvalue weighted by Crippen LogP contribution is 2.41. The first-order valence-electron chi connectivity index (χ1n) is 6.81. The Balaban J connectivity index is 3.23. The molecule has 0 bridgehead atoms. The Morgan fingerprint density at radius 2 is 1.64 bits per heavy atom. The van der Waals surface area contributed by atoms with Gasteiger partial charge in [-0.25, -0.2) is 5.06 Å². The molecule has 1 rings (SSSR count). The maximum Gasteiger partial charge on any atom is 0.310 e. The molecule has 0 heterocycles. The molecule has 0 aromatic heterocycles. The number of amides is 1. The lowest BCUT2D eigenvalue weighted by Gasteiger charge is -2.26. The maximum absolute atomic E-state index is 12.5. The summed E-state index contributed by atoms with van der Waals surface area (Å²) in [6.45, 7) is 2.54. The number of esters is 2. The Labute approximate surface area is 128 Å². The van der Waals surface area contributed by atoms with Crippen molar-refractivity contribution in [3.63, 3.8) is 0 Å². The van der Waals surface area contributed by atoms with Gasteiger partial charge in [-0.1, -0.05) is 0 Å². The van der Waals surface area contributed by atoms with Crippen LogP contribution in [0.15, 0.2) is 0 Å². The summed E-state index contributed by atoms with van der Waals surface area (Å²) >= 11 is 0. The van der Waals surface area contributed by atoms with Gasteiger partial charge in [-0.15, -0.1) is 0 Å². The molecular weight excluding hydrogens is 294 g/mol. The summed E-state index contributed by atoms with van der Waals surface area (Å²) in [4.78, 5) is 52.4. The molecule has 0 N–H and O–H groups in total. The van der Waals surface area contributed by atoms with Crippen molar-refractivity contribution in [1.29, 1.82) is 0 Å². The third-order valence-corrected chi connectivity index (χ3v) is 3.89. The van der Waals surface area contributed by atoms with E-state index in [1.807, 2.05) is 0 Å². The van der Waals surface area contributed by atoms with Crippen molar-refractivity contribution in [2.45, 2.75) is 26.4 Å². The third-order valence-electron chi connectivity index (χ3n) is 3.89. The largest absolute Gasteiger partial charge is 0.469 e. The van der Waals surface area contributed by atoms with Gasteiger partial charge in [0.25, 0.3) is 5.91 Å². The van der Waals surface area contributed by atoms with Crippen LogP contribution in [0.5, 0.6) is 0 Å². The summed E-state index contributed by atoms with van der Waals surface area (Å²) in [6, 6.07) is 0. The second-order valence-corrected chi connectivity index (χ2v) is 5.19. The van der Waals surface area contributed by atoms with E-state index in [1.165, 1.54) is 35.1 Å². The van der Waals surface area contributed by atoms with E-state index >= 15 is 0 Å². The van der Waals surface area contributed by atoms with Crippen LogP contribution >= 0.6 is 0 Å². The molecule has 124 valence electrons. The van der Waals surface area contributed by atoms with Crippen LogP contribution in [0.3, 0.4) is 0 Å². The molecule has 8 nitrogen and oxygen atoms in total. The number of hydrogen-bond acceptors (Lipinski definition) is 7. The summed E-state index contributed by atoms with van der Waals surface area (Å²) < 4.78 is 9.86. The zero-order valence-corrected chi connectivity index (χ0v) is 13.3. The predicted molar refractivity (Wildman–Crippen MR) is 73.1 cm³/mol. The number of carbonyl (C=O) groups is 4. The molecule has 0 aromatic carbocycles. The minimum atomic E-state index is -1.02. The number of methoxy groups -OCH3 is 1. The standard InChI is InChI=1S/C14H21NO7/c1-7(16)9-6-10(22-8(2)17)12(11(9)14(19)20-4)13(18)15(3)21-5/h9-12H,6H2,1-5H3/t9-,10+,11-,12+/m0/s1. The van der Waals surface area contributed by atoms with Crippen molar-refractivity contribution < 1.29 is 33.5 Å². The predicted octanol–water partition coefficient (Wildman–Crippen LogP) is -0.0478. The highest BCUT2D eigenvalue weighted by atomic mass is 16.7. The van der Waals surface area contributed by atoms with Crippen molar-refractivity contribution in [3.05, 3.63) is 0 Å². The van der Waals surface area contributed by atoms with Crippen molar-refractivity contribution in [1.82, 2.24) is 5.06 Å². The number of ketones is 1. The lowest BCUT2D eigenvalue weighted by atomic mass is 9.86. The fourth-order valence-corrected chi connectivity index (χ4v) is 2.84. The van der Waals surface area contributed by atoms with Crippen LogP contribution in [-0.2, 0) is 33.5 Å². The minimum absolute atomic E-state index is 0.0998. The van der Waals surface area contributed by atoms with Crippen molar-refractivity contribution in [3.8, 4) is 0 Å². The fraction of sp³-hybridized carbons (Fsp3) is 0.714. The van der Waals surface area contributed by atoms with E-state index in [1.54, 1.807) is 0 Å². The summed E-state index contributed by atoms with van der Waals surface area (Å²) in [7, 11) is 3.85. The summed E-state index contributed by atoms with van der Waals surface area (Å²) in [5.41, 5.74) is 0. The van der Waals surface area contributed by atoms with E-state index in [0.717, 1.165) is 5.06 Å². The number of hydroxylamine groups is 2. The quantitative estimate of drug-likeness (QED) is 0.518. The Morgan fingerprint density at radius 1 is 1.05 bits per heavy atom. The Morgan fingerprint density at radius 3 is 2.05 bits per heavy atom. The van der Waals surface area contributed by atoms with Crippen LogP contribution in [-0.4, -0.2) is 56.1 Å². The molecule has 1 fully saturated rings. The zero-order chi connectivity index (χ0) is 17.0. The number of carbonyl (C=O) groups excluding carboxylic acids is 4. The molecule has 0 aliphatic heterocycles. The Kier molecular flexibility index (Phi) is 6.04. The molecule has 8 heteroatoms. The number of hydrogen-bond donors (Lipinski definition) is 0. The van der Waals surface area contributed by atoms with E-state index in [2.05, 4.69) is 0 Å². The number of nitrogens with zero attached hydrogens (tertiary/aromatic N) is 1. The number of rotatable bonds is 5. The van der Waals surface area contributed by atoms with Crippen molar-refractivity contribution >= 4 is 23.6 Å². The van der Waals surface area contributed by atoms with Gasteiger partial charge in [-0.3, -0.25) is 24.0 Å². The second-order valence-electron chi connectivity index (χ2n) is 5.19. The normalized spacial score (nSPS) is 27.1. The Hall–Kier alpha value is -1.96. The highest BCUT2D eigenvalue weighted by Gasteiger charge is 2.55. The average molecular weight is 315 g/mol. The van der Waals surface area contributed by atoms with Gasteiger partial charge in [-0.05, 0) is 13.3 Å². The summed E-state index contributed by atoms with van der Waals surface area (Å²) in [5.74, 6) is -4.84.